The number of alkyl halides is 6. The maximum absolute atomic E-state index is 12.4. The van der Waals surface area contributed by atoms with Gasteiger partial charge in [0.15, 0.2) is 0 Å². The van der Waals surface area contributed by atoms with Gasteiger partial charge in [0.2, 0.25) is 6.41 Å². The molecule has 0 bridgehead atoms. The highest BCUT2D eigenvalue weighted by molar-refractivity contribution is 5.65. The Morgan fingerprint density at radius 3 is 1.36 bits per heavy atom. The highest BCUT2D eigenvalue weighted by atomic mass is 19.4. The van der Waals surface area contributed by atoms with E-state index in [0.717, 1.165) is 0 Å². The summed E-state index contributed by atoms with van der Waals surface area (Å²) in [6.45, 7) is 0. The molecule has 0 spiro atoms. The van der Waals surface area contributed by atoms with Crippen LogP contribution in [-0.4, -0.2) is 18.8 Å². The molecule has 0 aromatic heterocycles. The number of amides is 1. The SMILES string of the molecule is FC(F)(F)Cc1cccc(-c2cccc(CC(F)(F)F)c2)c1.NC=O. The van der Waals surface area contributed by atoms with Crippen molar-refractivity contribution in [2.24, 2.45) is 5.73 Å². The Kier molecular flexibility index (Phi) is 7.02. The van der Waals surface area contributed by atoms with Crippen molar-refractivity contribution in [1.82, 2.24) is 0 Å². The van der Waals surface area contributed by atoms with Gasteiger partial charge < -0.3 is 5.73 Å². The van der Waals surface area contributed by atoms with E-state index in [1.165, 1.54) is 36.4 Å². The maximum Gasteiger partial charge on any atom is 0.393 e. The second-order valence-corrected chi connectivity index (χ2v) is 5.12. The van der Waals surface area contributed by atoms with Gasteiger partial charge in [-0.15, -0.1) is 0 Å². The number of carbonyl (C=O) groups is 1. The molecule has 8 heteroatoms. The molecule has 2 rings (SSSR count). The molecular formula is C17H15F6NO. The summed E-state index contributed by atoms with van der Waals surface area (Å²) in [5.41, 5.74) is 5.24. The highest BCUT2D eigenvalue weighted by Gasteiger charge is 2.28. The Hall–Kier alpha value is -2.51. The summed E-state index contributed by atoms with van der Waals surface area (Å²) in [5, 5.41) is 0. The molecule has 0 atom stereocenters. The summed E-state index contributed by atoms with van der Waals surface area (Å²) in [5.74, 6) is 0. The van der Waals surface area contributed by atoms with E-state index in [0.29, 0.717) is 11.1 Å². The third-order valence-electron chi connectivity index (χ3n) is 3.00. The summed E-state index contributed by atoms with van der Waals surface area (Å²) < 4.78 is 74.4. The minimum absolute atomic E-state index is 0.0752. The number of nitrogens with two attached hydrogens (primary N) is 1. The fourth-order valence-corrected chi connectivity index (χ4v) is 2.18. The molecule has 0 saturated heterocycles. The predicted molar refractivity (Wildman–Crippen MR) is 81.6 cm³/mol. The molecule has 0 fully saturated rings. The van der Waals surface area contributed by atoms with Crippen LogP contribution in [0.2, 0.25) is 0 Å². The monoisotopic (exact) mass is 363 g/mol. The number of primary amides is 1. The third kappa shape index (κ3) is 8.23. The number of rotatable bonds is 3. The Bertz CT molecular complexity index is 637. The van der Waals surface area contributed by atoms with Gasteiger partial charge in [-0.1, -0.05) is 48.5 Å². The molecule has 0 aliphatic rings. The van der Waals surface area contributed by atoms with Crippen molar-refractivity contribution >= 4 is 6.41 Å². The van der Waals surface area contributed by atoms with E-state index in [1.54, 1.807) is 12.1 Å². The molecular weight excluding hydrogens is 348 g/mol. The Morgan fingerprint density at radius 2 is 1.08 bits per heavy atom. The second-order valence-electron chi connectivity index (χ2n) is 5.12. The fraction of sp³-hybridized carbons (Fsp3) is 0.235. The molecule has 0 heterocycles. The average Bonchev–Trinajstić information content (AvgIpc) is 2.45. The average molecular weight is 363 g/mol. The van der Waals surface area contributed by atoms with E-state index in [1.807, 2.05) is 0 Å². The van der Waals surface area contributed by atoms with Crippen LogP contribution in [-0.2, 0) is 17.6 Å². The highest BCUT2D eigenvalue weighted by Crippen LogP contribution is 2.28. The fourth-order valence-electron chi connectivity index (χ4n) is 2.18. The molecule has 2 N–H and O–H groups in total. The lowest BCUT2D eigenvalue weighted by Crippen LogP contribution is -2.11. The summed E-state index contributed by atoms with van der Waals surface area (Å²) in [6.07, 6.45) is -10.5. The molecule has 2 aromatic carbocycles. The number of hydrogen-bond donors (Lipinski definition) is 1. The molecule has 1 amide bonds. The van der Waals surface area contributed by atoms with Crippen molar-refractivity contribution in [3.8, 4) is 11.1 Å². The van der Waals surface area contributed by atoms with Gasteiger partial charge in [-0.05, 0) is 22.3 Å². The van der Waals surface area contributed by atoms with E-state index in [4.69, 9.17) is 4.79 Å². The van der Waals surface area contributed by atoms with Crippen LogP contribution in [0.4, 0.5) is 26.3 Å². The van der Waals surface area contributed by atoms with E-state index in [-0.39, 0.29) is 17.5 Å². The number of benzene rings is 2. The zero-order chi connectivity index (χ0) is 19.1. The first-order valence-electron chi connectivity index (χ1n) is 7.01. The minimum Gasteiger partial charge on any atom is -0.372 e. The van der Waals surface area contributed by atoms with Crippen LogP contribution in [0.1, 0.15) is 11.1 Å². The summed E-state index contributed by atoms with van der Waals surface area (Å²) in [6, 6.07) is 11.5. The summed E-state index contributed by atoms with van der Waals surface area (Å²) >= 11 is 0. The smallest absolute Gasteiger partial charge is 0.372 e. The first kappa shape index (κ1) is 20.5. The standard InChI is InChI=1S/C16H12F6.CH3NO/c17-15(18,19)9-11-3-1-5-13(7-11)14-6-2-4-12(8-14)10-16(20,21)22;2-1-3/h1-8H,9-10H2;1H,(H2,2,3). The molecule has 0 radical (unpaired) electrons. The predicted octanol–water partition coefficient (Wildman–Crippen LogP) is 4.66. The lowest BCUT2D eigenvalue weighted by Gasteiger charge is -2.10. The van der Waals surface area contributed by atoms with Gasteiger partial charge in [-0.25, -0.2) is 0 Å². The Morgan fingerprint density at radius 1 is 0.760 bits per heavy atom. The van der Waals surface area contributed by atoms with Crippen molar-refractivity contribution in [2.45, 2.75) is 25.2 Å². The van der Waals surface area contributed by atoms with E-state index >= 15 is 0 Å². The molecule has 0 aliphatic carbocycles. The van der Waals surface area contributed by atoms with Crippen molar-refractivity contribution in [3.63, 3.8) is 0 Å². The van der Waals surface area contributed by atoms with Crippen LogP contribution in [0.5, 0.6) is 0 Å². The first-order valence-corrected chi connectivity index (χ1v) is 7.01. The van der Waals surface area contributed by atoms with Crippen molar-refractivity contribution < 1.29 is 31.1 Å². The second kappa shape index (κ2) is 8.55. The molecule has 2 aromatic rings. The van der Waals surface area contributed by atoms with E-state index in [9.17, 15) is 26.3 Å². The molecule has 0 saturated carbocycles. The van der Waals surface area contributed by atoms with Crippen molar-refractivity contribution in [2.75, 3.05) is 0 Å². The largest absolute Gasteiger partial charge is 0.393 e. The quantitative estimate of drug-likeness (QED) is 0.625. The van der Waals surface area contributed by atoms with Gasteiger partial charge in [0.05, 0.1) is 12.8 Å². The van der Waals surface area contributed by atoms with Gasteiger partial charge in [-0.2, -0.15) is 26.3 Å². The van der Waals surface area contributed by atoms with Gasteiger partial charge >= 0.3 is 12.4 Å². The van der Waals surface area contributed by atoms with Gasteiger partial charge in [-0.3, -0.25) is 4.79 Å². The number of carbonyl (C=O) groups excluding carboxylic acids is 1. The molecule has 2 nitrogen and oxygen atoms in total. The van der Waals surface area contributed by atoms with Crippen LogP contribution in [0.25, 0.3) is 11.1 Å². The lowest BCUT2D eigenvalue weighted by molar-refractivity contribution is -0.128. The number of halogens is 6. The molecule has 136 valence electrons. The van der Waals surface area contributed by atoms with Crippen LogP contribution >= 0.6 is 0 Å². The van der Waals surface area contributed by atoms with E-state index in [2.05, 4.69) is 5.73 Å². The molecule has 0 unspecified atom stereocenters. The van der Waals surface area contributed by atoms with Crippen molar-refractivity contribution in [3.05, 3.63) is 59.7 Å². The minimum atomic E-state index is -4.32. The van der Waals surface area contributed by atoms with Crippen LogP contribution in [0, 0.1) is 0 Å². The van der Waals surface area contributed by atoms with E-state index < -0.39 is 25.2 Å². The van der Waals surface area contributed by atoms with Gasteiger partial charge in [0.1, 0.15) is 0 Å². The Balaban J connectivity index is 0.000000970. The molecule has 0 aliphatic heterocycles. The summed E-state index contributed by atoms with van der Waals surface area (Å²) in [7, 11) is 0. The third-order valence-corrected chi connectivity index (χ3v) is 3.00. The van der Waals surface area contributed by atoms with Gasteiger partial charge in [0, 0.05) is 0 Å². The van der Waals surface area contributed by atoms with Gasteiger partial charge in [0.25, 0.3) is 0 Å². The lowest BCUT2D eigenvalue weighted by atomic mass is 9.99. The van der Waals surface area contributed by atoms with Crippen LogP contribution < -0.4 is 5.73 Å². The van der Waals surface area contributed by atoms with Crippen LogP contribution in [0.3, 0.4) is 0 Å². The number of hydrogen-bond acceptors (Lipinski definition) is 1. The Labute approximate surface area is 140 Å². The zero-order valence-corrected chi connectivity index (χ0v) is 12.9. The first-order chi connectivity index (χ1) is 11.5. The summed E-state index contributed by atoms with van der Waals surface area (Å²) in [4.78, 5) is 8.58. The van der Waals surface area contributed by atoms with Crippen molar-refractivity contribution in [1.29, 1.82) is 0 Å². The normalized spacial score (nSPS) is 11.4. The molecule has 25 heavy (non-hydrogen) atoms. The maximum atomic E-state index is 12.4. The zero-order valence-electron chi connectivity index (χ0n) is 12.9. The van der Waals surface area contributed by atoms with Crippen LogP contribution in [0.15, 0.2) is 48.5 Å². The topological polar surface area (TPSA) is 43.1 Å².